The third-order valence-electron chi connectivity index (χ3n) is 6.13. The van der Waals surface area contributed by atoms with Crippen LogP contribution in [0.2, 0.25) is 0 Å². The van der Waals surface area contributed by atoms with Gasteiger partial charge < -0.3 is 20.6 Å². The number of nitrogens with zero attached hydrogens (tertiary/aromatic N) is 4. The number of β-amino-alcohol motifs (C(OH)–C–C–N with tert-alkyl or cyclic N) is 1. The third kappa shape index (κ3) is 6.06. The van der Waals surface area contributed by atoms with Crippen LogP contribution >= 0.6 is 0 Å². The summed E-state index contributed by atoms with van der Waals surface area (Å²) in [6, 6.07) is 10.1. The van der Waals surface area contributed by atoms with Crippen molar-refractivity contribution in [1.29, 1.82) is 0 Å². The minimum Gasteiger partial charge on any atom is -0.390 e. The molecule has 9 nitrogen and oxygen atoms in total. The Morgan fingerprint density at radius 1 is 1.21 bits per heavy atom. The largest absolute Gasteiger partial charge is 0.390 e. The minimum atomic E-state index is -0.666. The summed E-state index contributed by atoms with van der Waals surface area (Å²) < 4.78 is 0. The fourth-order valence-electron chi connectivity index (χ4n) is 4.29. The van der Waals surface area contributed by atoms with E-state index in [1.54, 1.807) is 6.07 Å². The molecular formula is C24H32N6O3. The van der Waals surface area contributed by atoms with Crippen LogP contribution in [0, 0.1) is 0 Å². The Balaban J connectivity index is 1.21. The molecular weight excluding hydrogens is 420 g/mol. The molecule has 0 aliphatic carbocycles. The first-order valence-electron chi connectivity index (χ1n) is 11.6. The van der Waals surface area contributed by atoms with Crippen molar-refractivity contribution < 1.29 is 14.7 Å². The number of aliphatic hydroxyl groups is 1. The van der Waals surface area contributed by atoms with Crippen LogP contribution in [0.4, 0.5) is 5.82 Å². The van der Waals surface area contributed by atoms with E-state index in [9.17, 15) is 14.7 Å². The Morgan fingerprint density at radius 2 is 2.00 bits per heavy atom. The maximum atomic E-state index is 12.5. The van der Waals surface area contributed by atoms with Crippen molar-refractivity contribution in [2.24, 2.45) is 0 Å². The van der Waals surface area contributed by atoms with Crippen LogP contribution in [-0.4, -0.2) is 81.6 Å². The number of anilines is 1. The van der Waals surface area contributed by atoms with E-state index in [1.165, 1.54) is 17.5 Å². The van der Waals surface area contributed by atoms with Crippen LogP contribution in [0.3, 0.4) is 0 Å². The average Bonchev–Trinajstić information content (AvgIpc) is 2.79. The summed E-state index contributed by atoms with van der Waals surface area (Å²) >= 11 is 0. The number of likely N-dealkylation sites (tertiary alicyclic amines) is 1. The molecule has 176 valence electrons. The zero-order chi connectivity index (χ0) is 23.2. The predicted octanol–water partition coefficient (Wildman–Crippen LogP) is 1.05. The van der Waals surface area contributed by atoms with E-state index < -0.39 is 6.10 Å². The number of benzene rings is 1. The zero-order valence-electron chi connectivity index (χ0n) is 19.0. The number of rotatable bonds is 9. The Kier molecular flexibility index (Phi) is 7.51. The lowest BCUT2D eigenvalue weighted by molar-refractivity contribution is -0.135. The first kappa shape index (κ1) is 23.1. The highest BCUT2D eigenvalue weighted by molar-refractivity contribution is 5.92. The molecule has 0 bridgehead atoms. The van der Waals surface area contributed by atoms with Gasteiger partial charge in [0.15, 0.2) is 0 Å². The fourth-order valence-corrected chi connectivity index (χ4v) is 4.29. The summed E-state index contributed by atoms with van der Waals surface area (Å²) in [6.07, 6.45) is 3.06. The quantitative estimate of drug-likeness (QED) is 0.522. The molecule has 1 aromatic carbocycles. The van der Waals surface area contributed by atoms with E-state index in [0.29, 0.717) is 31.9 Å². The number of aromatic nitrogens is 2. The maximum absolute atomic E-state index is 12.5. The van der Waals surface area contributed by atoms with Crippen LogP contribution in [0.1, 0.15) is 41.4 Å². The fraction of sp³-hybridized carbons (Fsp3) is 0.500. The standard InChI is InChI=1S/C24H32N6O3/c1-2-5-23(32)30-13-19(14-30)28-22-10-21(26-16-27-22)24(33)25-11-20(31)15-29-9-8-17-6-3-4-7-18(17)12-29/h3-4,6-7,10,16,19-20,31H,2,5,8-9,11-15H2,1H3,(H,25,33)(H,26,27,28)/t20-/m0/s1. The molecule has 2 amide bonds. The molecule has 3 heterocycles. The number of hydrogen-bond donors (Lipinski definition) is 3. The van der Waals surface area contributed by atoms with Gasteiger partial charge in [0.05, 0.1) is 12.1 Å². The van der Waals surface area contributed by atoms with Gasteiger partial charge in [-0.05, 0) is 24.0 Å². The number of aliphatic hydroxyl groups excluding tert-OH is 1. The van der Waals surface area contributed by atoms with Gasteiger partial charge in [-0.1, -0.05) is 31.2 Å². The number of hydrogen-bond acceptors (Lipinski definition) is 7. The average molecular weight is 453 g/mol. The van der Waals surface area contributed by atoms with Crippen molar-refractivity contribution in [2.75, 3.05) is 38.0 Å². The highest BCUT2D eigenvalue weighted by Crippen LogP contribution is 2.18. The lowest BCUT2D eigenvalue weighted by Gasteiger charge is -2.39. The number of carbonyl (C=O) groups is 2. The molecule has 2 aliphatic heterocycles. The van der Waals surface area contributed by atoms with Crippen molar-refractivity contribution in [2.45, 2.75) is 44.9 Å². The van der Waals surface area contributed by atoms with E-state index in [1.807, 2.05) is 17.9 Å². The lowest BCUT2D eigenvalue weighted by atomic mass is 10.00. The molecule has 0 spiro atoms. The summed E-state index contributed by atoms with van der Waals surface area (Å²) in [5, 5.41) is 16.4. The summed E-state index contributed by atoms with van der Waals surface area (Å²) in [7, 11) is 0. The van der Waals surface area contributed by atoms with Crippen LogP contribution in [0.5, 0.6) is 0 Å². The molecule has 3 N–H and O–H groups in total. The summed E-state index contributed by atoms with van der Waals surface area (Å²) in [6.45, 7) is 5.62. The van der Waals surface area contributed by atoms with Crippen molar-refractivity contribution in [3.63, 3.8) is 0 Å². The third-order valence-corrected chi connectivity index (χ3v) is 6.13. The minimum absolute atomic E-state index is 0.119. The topological polar surface area (TPSA) is 111 Å². The van der Waals surface area contributed by atoms with Crippen molar-refractivity contribution in [1.82, 2.24) is 25.1 Å². The summed E-state index contributed by atoms with van der Waals surface area (Å²) in [5.41, 5.74) is 2.90. The molecule has 0 radical (unpaired) electrons. The monoisotopic (exact) mass is 452 g/mol. The van der Waals surface area contributed by atoms with Gasteiger partial charge in [-0.3, -0.25) is 14.5 Å². The van der Waals surface area contributed by atoms with Crippen LogP contribution in [0.15, 0.2) is 36.7 Å². The molecule has 0 saturated carbocycles. The highest BCUT2D eigenvalue weighted by atomic mass is 16.3. The zero-order valence-corrected chi connectivity index (χ0v) is 19.0. The molecule has 1 saturated heterocycles. The summed E-state index contributed by atoms with van der Waals surface area (Å²) in [4.78, 5) is 36.7. The summed E-state index contributed by atoms with van der Waals surface area (Å²) in [5.74, 6) is 0.373. The molecule has 4 rings (SSSR count). The van der Waals surface area contributed by atoms with Gasteiger partial charge in [0.2, 0.25) is 5.91 Å². The Morgan fingerprint density at radius 3 is 2.79 bits per heavy atom. The molecule has 1 atom stereocenters. The second-order valence-corrected chi connectivity index (χ2v) is 8.80. The van der Waals surface area contributed by atoms with E-state index in [2.05, 4.69) is 43.7 Å². The van der Waals surface area contributed by atoms with Gasteiger partial charge in [-0.15, -0.1) is 0 Å². The first-order chi connectivity index (χ1) is 16.0. The Labute approximate surface area is 194 Å². The Bertz CT molecular complexity index is 978. The normalized spacial score (nSPS) is 17.1. The van der Waals surface area contributed by atoms with Gasteiger partial charge in [0.1, 0.15) is 17.8 Å². The number of fused-ring (bicyclic) bond motifs is 1. The highest BCUT2D eigenvalue weighted by Gasteiger charge is 2.30. The van der Waals surface area contributed by atoms with Gasteiger partial charge in [0, 0.05) is 51.8 Å². The lowest BCUT2D eigenvalue weighted by Crippen LogP contribution is -2.57. The van der Waals surface area contributed by atoms with Crippen LogP contribution in [0.25, 0.3) is 0 Å². The van der Waals surface area contributed by atoms with Crippen molar-refractivity contribution >= 4 is 17.6 Å². The molecule has 0 unspecified atom stereocenters. The molecule has 33 heavy (non-hydrogen) atoms. The SMILES string of the molecule is CCCC(=O)N1CC(Nc2cc(C(=O)NC[C@H](O)CN3CCc4ccccc4C3)ncn2)C1. The number of carbonyl (C=O) groups excluding carboxylic acids is 2. The van der Waals surface area contributed by atoms with Gasteiger partial charge in [-0.2, -0.15) is 0 Å². The molecule has 2 aromatic rings. The molecule has 1 fully saturated rings. The van der Waals surface area contributed by atoms with Gasteiger partial charge >= 0.3 is 0 Å². The second-order valence-electron chi connectivity index (χ2n) is 8.80. The first-order valence-corrected chi connectivity index (χ1v) is 11.6. The van der Waals surface area contributed by atoms with Crippen LogP contribution in [-0.2, 0) is 17.8 Å². The number of nitrogens with one attached hydrogen (secondary N) is 2. The van der Waals surface area contributed by atoms with E-state index >= 15 is 0 Å². The smallest absolute Gasteiger partial charge is 0.270 e. The molecule has 1 aromatic heterocycles. The van der Waals surface area contributed by atoms with Gasteiger partial charge in [-0.25, -0.2) is 9.97 Å². The van der Waals surface area contributed by atoms with E-state index in [0.717, 1.165) is 25.9 Å². The predicted molar refractivity (Wildman–Crippen MR) is 125 cm³/mol. The Hall–Kier alpha value is -3.04. The van der Waals surface area contributed by atoms with Crippen molar-refractivity contribution in [3.05, 3.63) is 53.5 Å². The van der Waals surface area contributed by atoms with Crippen LogP contribution < -0.4 is 10.6 Å². The van der Waals surface area contributed by atoms with Gasteiger partial charge in [0.25, 0.3) is 5.91 Å². The molecule has 2 aliphatic rings. The van der Waals surface area contributed by atoms with Crippen molar-refractivity contribution in [3.8, 4) is 0 Å². The van der Waals surface area contributed by atoms with E-state index in [4.69, 9.17) is 0 Å². The van der Waals surface area contributed by atoms with E-state index in [-0.39, 0.29) is 30.1 Å². The molecule has 9 heteroatoms. The number of amides is 2. The second kappa shape index (κ2) is 10.7. The maximum Gasteiger partial charge on any atom is 0.270 e.